The number of anilines is 1. The van der Waals surface area contributed by atoms with Gasteiger partial charge in [0.2, 0.25) is 0 Å². The Kier molecular flexibility index (Phi) is 5.03. The van der Waals surface area contributed by atoms with Crippen LogP contribution < -0.4 is 11.1 Å². The molecule has 2 heterocycles. The zero-order chi connectivity index (χ0) is 20.5. The third kappa shape index (κ3) is 3.80. The minimum absolute atomic E-state index is 0.0335. The average Bonchev–Trinajstić information content (AvgIpc) is 2.61. The molecule has 1 atom stereocenters. The van der Waals surface area contributed by atoms with Crippen LogP contribution in [0.1, 0.15) is 35.5 Å². The summed E-state index contributed by atoms with van der Waals surface area (Å²) in [6.45, 7) is 3.36. The Morgan fingerprint density at radius 1 is 1.43 bits per heavy atom. The summed E-state index contributed by atoms with van der Waals surface area (Å²) in [7, 11) is 0. The number of hydrogen-bond donors (Lipinski definition) is 2. The van der Waals surface area contributed by atoms with E-state index in [4.69, 9.17) is 27.3 Å². The molecule has 0 unspecified atom stereocenters. The lowest BCUT2D eigenvalue weighted by atomic mass is 9.90. The molecule has 1 aliphatic rings. The van der Waals surface area contributed by atoms with E-state index in [-0.39, 0.29) is 27.9 Å². The normalized spacial score (nSPS) is 18.4. The quantitative estimate of drug-likeness (QED) is 0.820. The molecular weight excluding hydrogens is 385 g/mol. The molecule has 9 heteroatoms. The summed E-state index contributed by atoms with van der Waals surface area (Å²) in [6.07, 6.45) is 2.87. The number of benzene rings is 1. The van der Waals surface area contributed by atoms with Gasteiger partial charge in [-0.3, -0.25) is 4.79 Å². The maximum atomic E-state index is 14.5. The summed E-state index contributed by atoms with van der Waals surface area (Å²) < 4.78 is 19.7. The van der Waals surface area contributed by atoms with Gasteiger partial charge in [-0.05, 0) is 44.2 Å². The van der Waals surface area contributed by atoms with Gasteiger partial charge >= 0.3 is 0 Å². The minimum Gasteiger partial charge on any atom is -0.431 e. The van der Waals surface area contributed by atoms with Gasteiger partial charge in [-0.2, -0.15) is 5.26 Å². The fourth-order valence-corrected chi connectivity index (χ4v) is 3.11. The highest BCUT2D eigenvalue weighted by Crippen LogP contribution is 2.34. The van der Waals surface area contributed by atoms with Gasteiger partial charge in [0, 0.05) is 17.4 Å². The van der Waals surface area contributed by atoms with Crippen molar-refractivity contribution in [3.8, 4) is 6.07 Å². The lowest BCUT2D eigenvalue weighted by molar-refractivity contribution is 0.102. The number of amidine groups is 1. The Hall–Kier alpha value is -3.44. The standard InChI is InChI=1S/C19H15ClFN5O2/c1-10-7-19(2,26-18(23)28-10)13-6-12(3-4-15(13)21)25-17(27)16-14(20)5-11(8-22)9-24-16/h3-7,9H,1-2H3,(H2,23,26)(H,25,27)/t19-/m0/s1. The number of nitrogens with zero attached hydrogens (tertiary/aromatic N) is 3. The number of allylic oxidation sites excluding steroid dienone is 1. The largest absolute Gasteiger partial charge is 0.431 e. The molecule has 0 saturated carbocycles. The van der Waals surface area contributed by atoms with Crippen molar-refractivity contribution in [1.82, 2.24) is 4.98 Å². The van der Waals surface area contributed by atoms with E-state index in [1.54, 1.807) is 19.9 Å². The molecule has 3 rings (SSSR count). The van der Waals surface area contributed by atoms with E-state index in [9.17, 15) is 9.18 Å². The average molecular weight is 400 g/mol. The molecule has 142 valence electrons. The molecule has 0 saturated heterocycles. The number of rotatable bonds is 3. The summed E-state index contributed by atoms with van der Waals surface area (Å²) in [6, 6.07) is 7.22. The number of ether oxygens (including phenoxy) is 1. The third-order valence-electron chi connectivity index (χ3n) is 4.05. The summed E-state index contributed by atoms with van der Waals surface area (Å²) in [5.74, 6) is -0.631. The molecule has 0 spiro atoms. The maximum absolute atomic E-state index is 14.5. The van der Waals surface area contributed by atoms with Crippen molar-refractivity contribution in [3.63, 3.8) is 0 Å². The van der Waals surface area contributed by atoms with Crippen LogP contribution in [0.4, 0.5) is 10.1 Å². The van der Waals surface area contributed by atoms with Crippen molar-refractivity contribution < 1.29 is 13.9 Å². The van der Waals surface area contributed by atoms with Crippen molar-refractivity contribution >= 4 is 29.2 Å². The van der Waals surface area contributed by atoms with E-state index in [2.05, 4.69) is 15.3 Å². The smallest absolute Gasteiger partial charge is 0.288 e. The molecule has 1 amide bonds. The predicted molar refractivity (Wildman–Crippen MR) is 102 cm³/mol. The first kappa shape index (κ1) is 19.3. The van der Waals surface area contributed by atoms with Gasteiger partial charge in [0.25, 0.3) is 11.9 Å². The Labute approximate surface area is 165 Å². The van der Waals surface area contributed by atoms with E-state index >= 15 is 0 Å². The van der Waals surface area contributed by atoms with Crippen molar-refractivity contribution in [2.45, 2.75) is 19.4 Å². The molecular formula is C19H15ClFN5O2. The van der Waals surface area contributed by atoms with Crippen LogP contribution in [0.3, 0.4) is 0 Å². The number of nitriles is 1. The van der Waals surface area contributed by atoms with E-state index in [1.807, 2.05) is 6.07 Å². The Morgan fingerprint density at radius 2 is 2.18 bits per heavy atom. The molecule has 2 aromatic rings. The fourth-order valence-electron chi connectivity index (χ4n) is 2.86. The van der Waals surface area contributed by atoms with Crippen LogP contribution in [0.25, 0.3) is 0 Å². The second-order valence-corrected chi connectivity index (χ2v) is 6.68. The van der Waals surface area contributed by atoms with E-state index in [1.165, 1.54) is 30.5 Å². The number of halogens is 2. The zero-order valence-corrected chi connectivity index (χ0v) is 15.7. The number of pyridine rings is 1. The molecule has 3 N–H and O–H groups in total. The van der Waals surface area contributed by atoms with Gasteiger partial charge in [-0.1, -0.05) is 11.6 Å². The number of carbonyl (C=O) groups is 1. The Balaban J connectivity index is 1.93. The molecule has 7 nitrogen and oxygen atoms in total. The number of nitrogens with two attached hydrogens (primary N) is 1. The van der Waals surface area contributed by atoms with Crippen molar-refractivity contribution in [2.75, 3.05) is 5.32 Å². The topological polar surface area (TPSA) is 113 Å². The lowest BCUT2D eigenvalue weighted by Crippen LogP contribution is -2.30. The van der Waals surface area contributed by atoms with Crippen LogP contribution in [-0.2, 0) is 10.3 Å². The second kappa shape index (κ2) is 7.29. The highest BCUT2D eigenvalue weighted by atomic mass is 35.5. The van der Waals surface area contributed by atoms with Crippen LogP contribution >= 0.6 is 11.6 Å². The molecule has 0 radical (unpaired) electrons. The SMILES string of the molecule is CC1=C[C@@](C)(c2cc(NC(=O)c3ncc(C#N)cc3Cl)ccc2F)N=C(N)O1. The molecule has 0 bridgehead atoms. The minimum atomic E-state index is -1.10. The van der Waals surface area contributed by atoms with Crippen LogP contribution in [0.5, 0.6) is 0 Å². The summed E-state index contributed by atoms with van der Waals surface area (Å²) in [5, 5.41) is 11.5. The molecule has 0 aliphatic carbocycles. The van der Waals surface area contributed by atoms with Crippen LogP contribution in [-0.4, -0.2) is 16.9 Å². The number of aliphatic imine (C=N–C) groups is 1. The van der Waals surface area contributed by atoms with Gasteiger partial charge in [-0.25, -0.2) is 14.4 Å². The van der Waals surface area contributed by atoms with E-state index in [0.717, 1.165) is 0 Å². The molecule has 1 aromatic carbocycles. The Bertz CT molecular complexity index is 1060. The highest BCUT2D eigenvalue weighted by molar-refractivity contribution is 6.34. The number of carbonyl (C=O) groups excluding carboxylic acids is 1. The summed E-state index contributed by atoms with van der Waals surface area (Å²) in [5.41, 5.74) is 5.27. The first-order valence-corrected chi connectivity index (χ1v) is 8.49. The van der Waals surface area contributed by atoms with Crippen LogP contribution in [0.15, 0.2) is 47.3 Å². The van der Waals surface area contributed by atoms with Gasteiger partial charge in [0.05, 0.1) is 10.6 Å². The first-order chi connectivity index (χ1) is 13.2. The van der Waals surface area contributed by atoms with Crippen molar-refractivity contribution in [1.29, 1.82) is 5.26 Å². The van der Waals surface area contributed by atoms with Gasteiger partial charge < -0.3 is 15.8 Å². The molecule has 1 aromatic heterocycles. The fraction of sp³-hybridized carbons (Fsp3) is 0.158. The van der Waals surface area contributed by atoms with Gasteiger partial charge in [0.1, 0.15) is 28.9 Å². The second-order valence-electron chi connectivity index (χ2n) is 6.27. The lowest BCUT2D eigenvalue weighted by Gasteiger charge is -2.27. The monoisotopic (exact) mass is 399 g/mol. The summed E-state index contributed by atoms with van der Waals surface area (Å²) in [4.78, 5) is 20.6. The number of hydrogen-bond acceptors (Lipinski definition) is 6. The molecule has 0 fully saturated rings. The van der Waals surface area contributed by atoms with Crippen LogP contribution in [0, 0.1) is 17.1 Å². The van der Waals surface area contributed by atoms with Crippen molar-refractivity contribution in [2.24, 2.45) is 10.7 Å². The summed E-state index contributed by atoms with van der Waals surface area (Å²) >= 11 is 6.01. The molecule has 1 aliphatic heterocycles. The zero-order valence-electron chi connectivity index (χ0n) is 15.0. The Morgan fingerprint density at radius 3 is 2.82 bits per heavy atom. The third-order valence-corrected chi connectivity index (χ3v) is 4.34. The van der Waals surface area contributed by atoms with Crippen LogP contribution in [0.2, 0.25) is 5.02 Å². The predicted octanol–water partition coefficient (Wildman–Crippen LogP) is 3.46. The number of amides is 1. The first-order valence-electron chi connectivity index (χ1n) is 8.11. The van der Waals surface area contributed by atoms with Gasteiger partial charge in [-0.15, -0.1) is 0 Å². The van der Waals surface area contributed by atoms with Gasteiger partial charge in [0.15, 0.2) is 0 Å². The maximum Gasteiger partial charge on any atom is 0.288 e. The van der Waals surface area contributed by atoms with E-state index < -0.39 is 17.3 Å². The molecule has 28 heavy (non-hydrogen) atoms. The van der Waals surface area contributed by atoms with Crippen molar-refractivity contribution in [3.05, 3.63) is 70.0 Å². The number of nitrogens with one attached hydrogen (secondary N) is 1. The number of aromatic nitrogens is 1. The highest BCUT2D eigenvalue weighted by Gasteiger charge is 2.31. The van der Waals surface area contributed by atoms with E-state index in [0.29, 0.717) is 11.4 Å².